The van der Waals surface area contributed by atoms with Gasteiger partial charge >= 0.3 is 0 Å². The molecule has 0 aromatic carbocycles. The Bertz CT molecular complexity index is 394. The molecule has 1 amide bonds. The summed E-state index contributed by atoms with van der Waals surface area (Å²) in [4.78, 5) is 15.0. The van der Waals surface area contributed by atoms with E-state index in [1.165, 1.54) is 32.1 Å². The Hall–Kier alpha value is -0.610. The maximum absolute atomic E-state index is 12.8. The van der Waals surface area contributed by atoms with Crippen molar-refractivity contribution in [3.8, 4) is 0 Å². The normalized spacial score (nSPS) is 45.0. The average molecular weight is 278 g/mol. The topological polar surface area (TPSA) is 41.6 Å². The highest BCUT2D eigenvalue weighted by Crippen LogP contribution is 2.41. The predicted octanol–water partition coefficient (Wildman–Crippen LogP) is 2.03. The first-order valence-corrected chi connectivity index (χ1v) is 8.51. The van der Waals surface area contributed by atoms with E-state index in [0.717, 1.165) is 19.3 Å². The molecule has 5 unspecified atom stereocenters. The fraction of sp³-hybridized carbons (Fsp3) is 0.938. The molecular formula is C16H26N2O2. The molecule has 5 atom stereocenters. The molecule has 0 radical (unpaired) electrons. The molecule has 112 valence electrons. The average Bonchev–Trinajstić information content (AvgIpc) is 3.22. The van der Waals surface area contributed by atoms with Crippen molar-refractivity contribution in [3.63, 3.8) is 0 Å². The highest BCUT2D eigenvalue weighted by molar-refractivity contribution is 5.84. The molecule has 4 heteroatoms. The Morgan fingerprint density at radius 1 is 1.25 bits per heavy atom. The van der Waals surface area contributed by atoms with Gasteiger partial charge in [0, 0.05) is 0 Å². The van der Waals surface area contributed by atoms with E-state index in [2.05, 4.69) is 17.1 Å². The summed E-state index contributed by atoms with van der Waals surface area (Å²) in [6, 6.07) is 0.385. The number of rotatable bonds is 3. The van der Waals surface area contributed by atoms with Crippen LogP contribution in [-0.4, -0.2) is 41.3 Å². The molecule has 3 heterocycles. The lowest BCUT2D eigenvalue weighted by molar-refractivity contribution is -0.134. The summed E-state index contributed by atoms with van der Waals surface area (Å²) >= 11 is 0. The van der Waals surface area contributed by atoms with E-state index >= 15 is 0 Å². The molecule has 1 N–H and O–H groups in total. The SMILES string of the molecule is CCC1NC(C2CCCC2)N(C2CC3CCC2O3)C1=O. The van der Waals surface area contributed by atoms with Crippen LogP contribution >= 0.6 is 0 Å². The Labute approximate surface area is 121 Å². The number of nitrogens with zero attached hydrogens (tertiary/aromatic N) is 1. The summed E-state index contributed by atoms with van der Waals surface area (Å²) in [5, 5.41) is 3.64. The van der Waals surface area contributed by atoms with Gasteiger partial charge in [-0.25, -0.2) is 0 Å². The zero-order chi connectivity index (χ0) is 13.7. The first-order chi connectivity index (χ1) is 9.78. The van der Waals surface area contributed by atoms with Gasteiger partial charge < -0.3 is 9.64 Å². The molecule has 4 rings (SSSR count). The Balaban J connectivity index is 1.58. The zero-order valence-corrected chi connectivity index (χ0v) is 12.4. The smallest absolute Gasteiger partial charge is 0.241 e. The van der Waals surface area contributed by atoms with Crippen LogP contribution < -0.4 is 5.32 Å². The third-order valence-corrected chi connectivity index (χ3v) is 5.91. The van der Waals surface area contributed by atoms with Crippen LogP contribution in [0, 0.1) is 5.92 Å². The van der Waals surface area contributed by atoms with Crippen molar-refractivity contribution in [2.45, 2.75) is 88.7 Å². The van der Waals surface area contributed by atoms with Crippen molar-refractivity contribution in [1.29, 1.82) is 0 Å². The Morgan fingerprint density at radius 3 is 2.65 bits per heavy atom. The lowest BCUT2D eigenvalue weighted by atomic mass is 9.92. The molecule has 4 aliphatic rings. The molecule has 4 nitrogen and oxygen atoms in total. The number of ether oxygens (including phenoxy) is 1. The highest BCUT2D eigenvalue weighted by atomic mass is 16.5. The van der Waals surface area contributed by atoms with Crippen LogP contribution in [0.1, 0.15) is 58.3 Å². The largest absolute Gasteiger partial charge is 0.373 e. The quantitative estimate of drug-likeness (QED) is 0.859. The first-order valence-electron chi connectivity index (χ1n) is 8.51. The molecule has 0 spiro atoms. The summed E-state index contributed by atoms with van der Waals surface area (Å²) in [6.07, 6.45) is 10.5. The summed E-state index contributed by atoms with van der Waals surface area (Å²) in [6.45, 7) is 2.11. The Kier molecular flexibility index (Phi) is 3.26. The van der Waals surface area contributed by atoms with E-state index in [4.69, 9.17) is 4.74 Å². The number of nitrogens with one attached hydrogen (secondary N) is 1. The van der Waals surface area contributed by atoms with Gasteiger partial charge in [0.2, 0.25) is 5.91 Å². The third-order valence-electron chi connectivity index (χ3n) is 5.91. The molecule has 3 saturated heterocycles. The molecule has 20 heavy (non-hydrogen) atoms. The van der Waals surface area contributed by atoms with E-state index in [1.54, 1.807) is 0 Å². The molecule has 0 aromatic heterocycles. The van der Waals surface area contributed by atoms with Crippen LogP contribution in [-0.2, 0) is 9.53 Å². The van der Waals surface area contributed by atoms with E-state index in [0.29, 0.717) is 30.1 Å². The molecule has 1 saturated carbocycles. The lowest BCUT2D eigenvalue weighted by Crippen LogP contribution is -2.51. The molecule has 0 aromatic rings. The molecule has 1 aliphatic carbocycles. The van der Waals surface area contributed by atoms with Crippen LogP contribution in [0.5, 0.6) is 0 Å². The second kappa shape index (κ2) is 4.99. The van der Waals surface area contributed by atoms with E-state index < -0.39 is 0 Å². The van der Waals surface area contributed by atoms with Crippen molar-refractivity contribution < 1.29 is 9.53 Å². The van der Waals surface area contributed by atoms with Crippen molar-refractivity contribution >= 4 is 5.91 Å². The minimum atomic E-state index is 0.0414. The zero-order valence-electron chi connectivity index (χ0n) is 12.4. The predicted molar refractivity (Wildman–Crippen MR) is 76.1 cm³/mol. The number of hydrogen-bond donors (Lipinski definition) is 1. The number of carbonyl (C=O) groups is 1. The van der Waals surface area contributed by atoms with Gasteiger partial charge in [0.05, 0.1) is 30.5 Å². The van der Waals surface area contributed by atoms with E-state index in [1.807, 2.05) is 0 Å². The fourth-order valence-electron chi connectivity index (χ4n) is 4.88. The maximum atomic E-state index is 12.8. The van der Waals surface area contributed by atoms with Crippen molar-refractivity contribution in [2.75, 3.05) is 0 Å². The van der Waals surface area contributed by atoms with Crippen LogP contribution in [0.25, 0.3) is 0 Å². The number of fused-ring (bicyclic) bond motifs is 2. The number of carbonyl (C=O) groups excluding carboxylic acids is 1. The summed E-state index contributed by atoms with van der Waals surface area (Å²) in [7, 11) is 0. The summed E-state index contributed by atoms with van der Waals surface area (Å²) in [5.74, 6) is 1.00. The molecular weight excluding hydrogens is 252 g/mol. The van der Waals surface area contributed by atoms with Gasteiger partial charge in [0.15, 0.2) is 0 Å². The van der Waals surface area contributed by atoms with Crippen LogP contribution in [0.4, 0.5) is 0 Å². The molecule has 4 fully saturated rings. The monoisotopic (exact) mass is 278 g/mol. The van der Waals surface area contributed by atoms with Crippen molar-refractivity contribution in [3.05, 3.63) is 0 Å². The van der Waals surface area contributed by atoms with Crippen LogP contribution in [0.3, 0.4) is 0 Å². The van der Waals surface area contributed by atoms with Crippen LogP contribution in [0.15, 0.2) is 0 Å². The van der Waals surface area contributed by atoms with Crippen molar-refractivity contribution in [1.82, 2.24) is 10.2 Å². The van der Waals surface area contributed by atoms with Gasteiger partial charge in [0.1, 0.15) is 0 Å². The first kappa shape index (κ1) is 13.1. The number of hydrogen-bond acceptors (Lipinski definition) is 3. The van der Waals surface area contributed by atoms with Gasteiger partial charge in [-0.05, 0) is 44.4 Å². The van der Waals surface area contributed by atoms with Gasteiger partial charge in [-0.1, -0.05) is 19.8 Å². The highest BCUT2D eigenvalue weighted by Gasteiger charge is 2.52. The maximum Gasteiger partial charge on any atom is 0.241 e. The number of amides is 1. The second-order valence-electron chi connectivity index (χ2n) is 7.04. The fourth-order valence-corrected chi connectivity index (χ4v) is 4.88. The van der Waals surface area contributed by atoms with Gasteiger partial charge in [-0.15, -0.1) is 0 Å². The molecule has 2 bridgehead atoms. The minimum absolute atomic E-state index is 0.0414. The second-order valence-corrected chi connectivity index (χ2v) is 7.04. The third kappa shape index (κ3) is 1.92. The summed E-state index contributed by atoms with van der Waals surface area (Å²) < 4.78 is 6.00. The van der Waals surface area contributed by atoms with E-state index in [9.17, 15) is 4.79 Å². The Morgan fingerprint density at radius 2 is 2.05 bits per heavy atom. The lowest BCUT2D eigenvalue weighted by Gasteiger charge is -2.36. The van der Waals surface area contributed by atoms with Gasteiger partial charge in [0.25, 0.3) is 0 Å². The van der Waals surface area contributed by atoms with Crippen LogP contribution in [0.2, 0.25) is 0 Å². The van der Waals surface area contributed by atoms with Crippen molar-refractivity contribution in [2.24, 2.45) is 5.92 Å². The summed E-state index contributed by atoms with van der Waals surface area (Å²) in [5.41, 5.74) is 0. The minimum Gasteiger partial charge on any atom is -0.373 e. The standard InChI is InChI=1S/C16H26N2O2/c1-2-12-16(19)18(13-9-11-7-8-14(13)20-11)15(17-12)10-5-3-4-6-10/h10-15,17H,2-9H2,1H3. The van der Waals surface area contributed by atoms with E-state index in [-0.39, 0.29) is 12.2 Å². The molecule has 3 aliphatic heterocycles. The van der Waals surface area contributed by atoms with Gasteiger partial charge in [-0.3, -0.25) is 10.1 Å². The van der Waals surface area contributed by atoms with Gasteiger partial charge in [-0.2, -0.15) is 0 Å².